The lowest BCUT2D eigenvalue weighted by atomic mass is 9.70. The molecule has 0 heterocycles. The Hall–Kier alpha value is -1.37. The van der Waals surface area contributed by atoms with Gasteiger partial charge in [-0.1, -0.05) is 30.3 Å². The number of benzene rings is 1. The number of nitriles is 1. The molecule has 1 aromatic carbocycles. The molecule has 0 aliphatic heterocycles. The molecule has 1 aliphatic rings. The van der Waals surface area contributed by atoms with Gasteiger partial charge in [-0.15, -0.1) is 0 Å². The van der Waals surface area contributed by atoms with Gasteiger partial charge in [0.1, 0.15) is 6.79 Å². The summed E-state index contributed by atoms with van der Waals surface area (Å²) in [4.78, 5) is 0. The molecule has 0 atom stereocenters. The molecule has 0 radical (unpaired) electrons. The number of rotatable bonds is 4. The molecule has 0 aromatic heterocycles. The van der Waals surface area contributed by atoms with Crippen LogP contribution in [0.25, 0.3) is 0 Å². The quantitative estimate of drug-likeness (QED) is 0.766. The highest BCUT2D eigenvalue weighted by Gasteiger charge is 2.37. The van der Waals surface area contributed by atoms with Crippen molar-refractivity contribution in [2.45, 2.75) is 37.2 Å². The third-order valence-electron chi connectivity index (χ3n) is 3.75. The summed E-state index contributed by atoms with van der Waals surface area (Å²) >= 11 is 0. The fourth-order valence-electron chi connectivity index (χ4n) is 2.64. The molecule has 1 fully saturated rings. The van der Waals surface area contributed by atoms with E-state index in [4.69, 9.17) is 9.47 Å². The SMILES string of the molecule is COCOC1CCC(C#N)(c2ccccc2)CC1. The molecule has 3 nitrogen and oxygen atoms in total. The molecule has 1 aliphatic carbocycles. The molecule has 2 rings (SSSR count). The highest BCUT2D eigenvalue weighted by Crippen LogP contribution is 2.39. The summed E-state index contributed by atoms with van der Waals surface area (Å²) in [6.45, 7) is 0.343. The van der Waals surface area contributed by atoms with Crippen LogP contribution in [0, 0.1) is 11.3 Å². The average molecular weight is 245 g/mol. The predicted molar refractivity (Wildman–Crippen MR) is 69.0 cm³/mol. The van der Waals surface area contributed by atoms with Crippen LogP contribution in [0.2, 0.25) is 0 Å². The van der Waals surface area contributed by atoms with Crippen molar-refractivity contribution in [1.82, 2.24) is 0 Å². The normalized spacial score (nSPS) is 27.7. The summed E-state index contributed by atoms with van der Waals surface area (Å²) in [6, 6.07) is 12.6. The standard InChI is InChI=1S/C15H19NO2/c1-17-12-18-14-7-9-15(11-16,10-8-14)13-5-3-2-4-6-13/h2-6,14H,7-10,12H2,1H3. The fraction of sp³-hybridized carbons (Fsp3) is 0.533. The first-order chi connectivity index (χ1) is 8.80. The highest BCUT2D eigenvalue weighted by molar-refractivity contribution is 5.32. The summed E-state index contributed by atoms with van der Waals surface area (Å²) < 4.78 is 10.5. The summed E-state index contributed by atoms with van der Waals surface area (Å²) in [6.07, 6.45) is 3.80. The van der Waals surface area contributed by atoms with E-state index in [1.807, 2.05) is 18.2 Å². The molecule has 96 valence electrons. The molecule has 0 spiro atoms. The molecule has 1 saturated carbocycles. The number of nitrogens with zero attached hydrogens (tertiary/aromatic N) is 1. The lowest BCUT2D eigenvalue weighted by Gasteiger charge is -2.35. The van der Waals surface area contributed by atoms with E-state index in [-0.39, 0.29) is 11.5 Å². The molecule has 18 heavy (non-hydrogen) atoms. The Morgan fingerprint density at radius 2 is 1.94 bits per heavy atom. The molecule has 3 heteroatoms. The van der Waals surface area contributed by atoms with Gasteiger partial charge < -0.3 is 9.47 Å². The van der Waals surface area contributed by atoms with E-state index < -0.39 is 0 Å². The van der Waals surface area contributed by atoms with E-state index in [9.17, 15) is 5.26 Å². The van der Waals surface area contributed by atoms with Crippen molar-refractivity contribution < 1.29 is 9.47 Å². The van der Waals surface area contributed by atoms with Crippen LogP contribution in [-0.4, -0.2) is 20.0 Å². The molecule has 0 N–H and O–H groups in total. The van der Waals surface area contributed by atoms with Crippen molar-refractivity contribution >= 4 is 0 Å². The third kappa shape index (κ3) is 2.72. The predicted octanol–water partition coefficient (Wildman–Crippen LogP) is 3.01. The van der Waals surface area contributed by atoms with Gasteiger partial charge in [0.05, 0.1) is 17.6 Å². The first kappa shape index (κ1) is 13.1. The minimum atomic E-state index is -0.325. The molecule has 0 bridgehead atoms. The van der Waals surface area contributed by atoms with E-state index in [2.05, 4.69) is 18.2 Å². The Bertz CT molecular complexity index is 402. The Morgan fingerprint density at radius 1 is 1.28 bits per heavy atom. The van der Waals surface area contributed by atoms with Crippen LogP contribution in [-0.2, 0) is 14.9 Å². The largest absolute Gasteiger partial charge is 0.359 e. The van der Waals surface area contributed by atoms with Gasteiger partial charge in [-0.05, 0) is 31.2 Å². The maximum atomic E-state index is 9.54. The second-order valence-electron chi connectivity index (χ2n) is 4.83. The topological polar surface area (TPSA) is 42.2 Å². The number of hydrogen-bond donors (Lipinski definition) is 0. The average Bonchev–Trinajstić information content (AvgIpc) is 2.46. The lowest BCUT2D eigenvalue weighted by Crippen LogP contribution is -2.33. The smallest absolute Gasteiger partial charge is 0.146 e. The second-order valence-corrected chi connectivity index (χ2v) is 4.83. The molecular weight excluding hydrogens is 226 g/mol. The Morgan fingerprint density at radius 3 is 2.50 bits per heavy atom. The zero-order valence-corrected chi connectivity index (χ0v) is 10.8. The van der Waals surface area contributed by atoms with Gasteiger partial charge in [-0.25, -0.2) is 0 Å². The van der Waals surface area contributed by atoms with Crippen LogP contribution in [0.4, 0.5) is 0 Å². The molecular formula is C15H19NO2. The van der Waals surface area contributed by atoms with Gasteiger partial charge in [-0.3, -0.25) is 0 Å². The van der Waals surface area contributed by atoms with Crippen molar-refractivity contribution in [2.24, 2.45) is 0 Å². The fourth-order valence-corrected chi connectivity index (χ4v) is 2.64. The van der Waals surface area contributed by atoms with Gasteiger partial charge in [0, 0.05) is 7.11 Å². The Balaban J connectivity index is 2.03. The minimum absolute atomic E-state index is 0.232. The van der Waals surface area contributed by atoms with E-state index >= 15 is 0 Å². The van der Waals surface area contributed by atoms with Crippen LogP contribution in [0.3, 0.4) is 0 Å². The van der Waals surface area contributed by atoms with E-state index in [0.717, 1.165) is 31.2 Å². The van der Waals surface area contributed by atoms with E-state index in [0.29, 0.717) is 6.79 Å². The van der Waals surface area contributed by atoms with Crippen LogP contribution in [0.1, 0.15) is 31.2 Å². The van der Waals surface area contributed by atoms with Crippen molar-refractivity contribution in [3.63, 3.8) is 0 Å². The number of ether oxygens (including phenoxy) is 2. The van der Waals surface area contributed by atoms with E-state index in [1.54, 1.807) is 7.11 Å². The van der Waals surface area contributed by atoms with Crippen LogP contribution < -0.4 is 0 Å². The first-order valence-corrected chi connectivity index (χ1v) is 6.38. The third-order valence-corrected chi connectivity index (χ3v) is 3.75. The number of methoxy groups -OCH3 is 1. The zero-order chi connectivity index (χ0) is 12.8. The molecule has 1 aromatic rings. The van der Waals surface area contributed by atoms with Crippen LogP contribution in [0.5, 0.6) is 0 Å². The summed E-state index contributed by atoms with van der Waals surface area (Å²) in [5.74, 6) is 0. The van der Waals surface area contributed by atoms with Crippen molar-refractivity contribution in [2.75, 3.05) is 13.9 Å². The summed E-state index contributed by atoms with van der Waals surface area (Å²) in [7, 11) is 1.63. The minimum Gasteiger partial charge on any atom is -0.359 e. The molecule has 0 amide bonds. The van der Waals surface area contributed by atoms with Crippen molar-refractivity contribution in [1.29, 1.82) is 5.26 Å². The zero-order valence-electron chi connectivity index (χ0n) is 10.8. The maximum absolute atomic E-state index is 9.54. The molecule has 0 unspecified atom stereocenters. The van der Waals surface area contributed by atoms with Gasteiger partial charge in [0.2, 0.25) is 0 Å². The van der Waals surface area contributed by atoms with Gasteiger partial charge in [-0.2, -0.15) is 5.26 Å². The summed E-state index contributed by atoms with van der Waals surface area (Å²) in [5, 5.41) is 9.54. The van der Waals surface area contributed by atoms with Crippen LogP contribution in [0.15, 0.2) is 30.3 Å². The monoisotopic (exact) mass is 245 g/mol. The second kappa shape index (κ2) is 5.99. The number of hydrogen-bond acceptors (Lipinski definition) is 3. The molecule has 0 saturated heterocycles. The maximum Gasteiger partial charge on any atom is 0.146 e. The van der Waals surface area contributed by atoms with Gasteiger partial charge >= 0.3 is 0 Å². The van der Waals surface area contributed by atoms with Crippen molar-refractivity contribution in [3.05, 3.63) is 35.9 Å². The van der Waals surface area contributed by atoms with Crippen molar-refractivity contribution in [3.8, 4) is 6.07 Å². The summed E-state index contributed by atoms with van der Waals surface area (Å²) in [5.41, 5.74) is 0.812. The van der Waals surface area contributed by atoms with Gasteiger partial charge in [0.25, 0.3) is 0 Å². The van der Waals surface area contributed by atoms with E-state index in [1.165, 1.54) is 0 Å². The first-order valence-electron chi connectivity index (χ1n) is 6.38. The lowest BCUT2D eigenvalue weighted by molar-refractivity contribution is -0.0856. The Labute approximate surface area is 108 Å². The van der Waals surface area contributed by atoms with Crippen LogP contribution >= 0.6 is 0 Å². The van der Waals surface area contributed by atoms with Gasteiger partial charge in [0.15, 0.2) is 0 Å². The Kier molecular flexibility index (Phi) is 4.35. The highest BCUT2D eigenvalue weighted by atomic mass is 16.7.